The van der Waals surface area contributed by atoms with Crippen LogP contribution in [0.5, 0.6) is 0 Å². The van der Waals surface area contributed by atoms with Crippen LogP contribution in [0.25, 0.3) is 0 Å². The van der Waals surface area contributed by atoms with Gasteiger partial charge in [0.2, 0.25) is 0 Å². The molecule has 2 aromatic rings. The second-order valence-corrected chi connectivity index (χ2v) is 4.77. The minimum Gasteiger partial charge on any atom is -0.324 e. The second-order valence-electron chi connectivity index (χ2n) is 3.82. The molecule has 0 saturated carbocycles. The van der Waals surface area contributed by atoms with E-state index in [1.807, 2.05) is 24.0 Å². The average molecular weight is 236 g/mol. The highest BCUT2D eigenvalue weighted by Gasteiger charge is 2.11. The van der Waals surface area contributed by atoms with Gasteiger partial charge in [0.1, 0.15) is 0 Å². The van der Waals surface area contributed by atoms with Crippen LogP contribution in [0.4, 0.5) is 0 Å². The minimum atomic E-state index is -0.00847. The lowest BCUT2D eigenvalue weighted by molar-refractivity contribution is 0.655. The molecule has 0 radical (unpaired) electrons. The molecule has 2 rings (SSSR count). The zero-order valence-electron chi connectivity index (χ0n) is 9.55. The van der Waals surface area contributed by atoms with Crippen LogP contribution in [0, 0.1) is 6.92 Å². The standard InChI is InChI=1S/C11H16N4S/c1-3-15-6-9(5-13-15)10(12)4-11-14-8(2)7-16-11/h5-7,10H,3-4,12H2,1-2H3. The number of nitrogens with two attached hydrogens (primary N) is 1. The fraction of sp³-hybridized carbons (Fsp3) is 0.455. The van der Waals surface area contributed by atoms with E-state index in [0.29, 0.717) is 0 Å². The molecule has 86 valence electrons. The predicted octanol–water partition coefficient (Wildman–Crippen LogP) is 1.91. The van der Waals surface area contributed by atoms with Crippen LogP contribution >= 0.6 is 11.3 Å². The van der Waals surface area contributed by atoms with E-state index in [1.54, 1.807) is 11.3 Å². The van der Waals surface area contributed by atoms with Gasteiger partial charge in [-0.1, -0.05) is 0 Å². The van der Waals surface area contributed by atoms with Crippen molar-refractivity contribution in [2.75, 3.05) is 0 Å². The number of rotatable bonds is 4. The van der Waals surface area contributed by atoms with Gasteiger partial charge in [0, 0.05) is 41.8 Å². The summed E-state index contributed by atoms with van der Waals surface area (Å²) in [6.07, 6.45) is 4.63. The van der Waals surface area contributed by atoms with Crippen LogP contribution in [0.2, 0.25) is 0 Å². The molecule has 0 bridgehead atoms. The van der Waals surface area contributed by atoms with Crippen molar-refractivity contribution in [2.24, 2.45) is 5.73 Å². The van der Waals surface area contributed by atoms with E-state index in [-0.39, 0.29) is 6.04 Å². The highest BCUT2D eigenvalue weighted by molar-refractivity contribution is 7.09. The Hall–Kier alpha value is -1.20. The highest BCUT2D eigenvalue weighted by Crippen LogP contribution is 2.18. The van der Waals surface area contributed by atoms with Crippen molar-refractivity contribution < 1.29 is 0 Å². The molecular formula is C11H16N4S. The number of aryl methyl sites for hydroxylation is 2. The van der Waals surface area contributed by atoms with Crippen LogP contribution in [0.15, 0.2) is 17.8 Å². The Morgan fingerprint density at radius 1 is 1.56 bits per heavy atom. The van der Waals surface area contributed by atoms with Gasteiger partial charge in [-0.2, -0.15) is 5.10 Å². The molecule has 1 atom stereocenters. The van der Waals surface area contributed by atoms with Crippen LogP contribution in [0.3, 0.4) is 0 Å². The molecule has 2 heterocycles. The van der Waals surface area contributed by atoms with E-state index in [1.165, 1.54) is 0 Å². The van der Waals surface area contributed by atoms with Gasteiger partial charge in [0.05, 0.1) is 11.2 Å². The summed E-state index contributed by atoms with van der Waals surface area (Å²) in [7, 11) is 0. The SMILES string of the molecule is CCn1cc(C(N)Cc2nc(C)cs2)cn1. The van der Waals surface area contributed by atoms with Crippen molar-refractivity contribution in [1.29, 1.82) is 0 Å². The van der Waals surface area contributed by atoms with Gasteiger partial charge in [0.15, 0.2) is 0 Å². The van der Waals surface area contributed by atoms with Crippen molar-refractivity contribution in [3.05, 3.63) is 34.0 Å². The maximum absolute atomic E-state index is 6.12. The first kappa shape index (κ1) is 11.3. The van der Waals surface area contributed by atoms with E-state index in [9.17, 15) is 0 Å². The van der Waals surface area contributed by atoms with E-state index in [2.05, 4.69) is 22.4 Å². The smallest absolute Gasteiger partial charge is 0.0947 e. The normalized spacial score (nSPS) is 12.9. The van der Waals surface area contributed by atoms with Gasteiger partial charge in [-0.05, 0) is 13.8 Å². The summed E-state index contributed by atoms with van der Waals surface area (Å²) in [4.78, 5) is 4.41. The summed E-state index contributed by atoms with van der Waals surface area (Å²) >= 11 is 1.67. The third-order valence-corrected chi connectivity index (χ3v) is 3.46. The van der Waals surface area contributed by atoms with Crippen LogP contribution < -0.4 is 5.73 Å². The number of hydrogen-bond donors (Lipinski definition) is 1. The molecular weight excluding hydrogens is 220 g/mol. The third-order valence-electron chi connectivity index (χ3n) is 2.47. The highest BCUT2D eigenvalue weighted by atomic mass is 32.1. The fourth-order valence-corrected chi connectivity index (χ4v) is 2.38. The van der Waals surface area contributed by atoms with E-state index < -0.39 is 0 Å². The first-order chi connectivity index (χ1) is 7.69. The van der Waals surface area contributed by atoms with Crippen LogP contribution in [-0.4, -0.2) is 14.8 Å². The Morgan fingerprint density at radius 2 is 2.38 bits per heavy atom. The first-order valence-electron chi connectivity index (χ1n) is 5.38. The largest absolute Gasteiger partial charge is 0.324 e. The monoisotopic (exact) mass is 236 g/mol. The van der Waals surface area contributed by atoms with Crippen molar-refractivity contribution in [2.45, 2.75) is 32.9 Å². The van der Waals surface area contributed by atoms with Gasteiger partial charge in [-0.15, -0.1) is 11.3 Å². The van der Waals surface area contributed by atoms with Crippen molar-refractivity contribution in [3.63, 3.8) is 0 Å². The van der Waals surface area contributed by atoms with E-state index in [4.69, 9.17) is 5.73 Å². The number of nitrogens with zero attached hydrogens (tertiary/aromatic N) is 3. The number of thiazole rings is 1. The Balaban J connectivity index is 2.05. The zero-order valence-corrected chi connectivity index (χ0v) is 10.4. The topological polar surface area (TPSA) is 56.7 Å². The molecule has 4 nitrogen and oxygen atoms in total. The van der Waals surface area contributed by atoms with Crippen molar-refractivity contribution in [3.8, 4) is 0 Å². The van der Waals surface area contributed by atoms with Gasteiger partial charge in [-0.25, -0.2) is 4.98 Å². The van der Waals surface area contributed by atoms with Crippen LogP contribution in [0.1, 0.15) is 29.2 Å². The average Bonchev–Trinajstić information content (AvgIpc) is 2.87. The lowest BCUT2D eigenvalue weighted by Crippen LogP contribution is -2.12. The molecule has 0 amide bonds. The fourth-order valence-electron chi connectivity index (χ4n) is 1.55. The Labute approximate surface area is 99.1 Å². The first-order valence-corrected chi connectivity index (χ1v) is 6.26. The van der Waals surface area contributed by atoms with Gasteiger partial charge in [-0.3, -0.25) is 4.68 Å². The predicted molar refractivity (Wildman–Crippen MR) is 65.4 cm³/mol. The van der Waals surface area contributed by atoms with E-state index in [0.717, 1.165) is 29.2 Å². The number of aromatic nitrogens is 3. The zero-order chi connectivity index (χ0) is 11.5. The molecule has 0 saturated heterocycles. The molecule has 0 aliphatic carbocycles. The Bertz CT molecular complexity index is 460. The molecule has 0 spiro atoms. The molecule has 1 unspecified atom stereocenters. The summed E-state index contributed by atoms with van der Waals surface area (Å²) in [5.74, 6) is 0. The van der Waals surface area contributed by atoms with Gasteiger partial charge in [0.25, 0.3) is 0 Å². The number of hydrogen-bond acceptors (Lipinski definition) is 4. The lowest BCUT2D eigenvalue weighted by Gasteiger charge is -2.06. The molecule has 2 N–H and O–H groups in total. The summed E-state index contributed by atoms with van der Waals surface area (Å²) in [5, 5.41) is 7.37. The molecule has 0 aliphatic rings. The van der Waals surface area contributed by atoms with E-state index >= 15 is 0 Å². The molecule has 16 heavy (non-hydrogen) atoms. The third kappa shape index (κ3) is 2.48. The Kier molecular flexibility index (Phi) is 3.36. The van der Waals surface area contributed by atoms with Crippen LogP contribution in [-0.2, 0) is 13.0 Å². The summed E-state index contributed by atoms with van der Waals surface area (Å²) < 4.78 is 1.89. The Morgan fingerprint density at radius 3 is 2.94 bits per heavy atom. The quantitative estimate of drug-likeness (QED) is 0.882. The maximum Gasteiger partial charge on any atom is 0.0947 e. The van der Waals surface area contributed by atoms with Crippen molar-refractivity contribution in [1.82, 2.24) is 14.8 Å². The lowest BCUT2D eigenvalue weighted by atomic mass is 10.1. The summed E-state index contributed by atoms with van der Waals surface area (Å²) in [6.45, 7) is 4.94. The summed E-state index contributed by atoms with van der Waals surface area (Å²) in [6, 6.07) is -0.00847. The molecule has 0 fully saturated rings. The molecule has 5 heteroatoms. The minimum absolute atomic E-state index is 0.00847. The summed E-state index contributed by atoms with van der Waals surface area (Å²) in [5.41, 5.74) is 8.26. The molecule has 0 aromatic carbocycles. The van der Waals surface area contributed by atoms with Gasteiger partial charge < -0.3 is 5.73 Å². The maximum atomic E-state index is 6.12. The van der Waals surface area contributed by atoms with Crippen molar-refractivity contribution >= 4 is 11.3 Å². The molecule has 2 aromatic heterocycles. The second kappa shape index (κ2) is 4.76. The molecule has 0 aliphatic heterocycles. The van der Waals surface area contributed by atoms with Gasteiger partial charge >= 0.3 is 0 Å².